The fourth-order valence-electron chi connectivity index (χ4n) is 2.68. The van der Waals surface area contributed by atoms with Crippen molar-refractivity contribution in [3.05, 3.63) is 42.6 Å². The molecule has 0 bridgehead atoms. The highest BCUT2D eigenvalue weighted by Gasteiger charge is 2.33. The first kappa shape index (κ1) is 19.9. The maximum atomic E-state index is 13.2. The predicted octanol–water partition coefficient (Wildman–Crippen LogP) is 1.31. The summed E-state index contributed by atoms with van der Waals surface area (Å²) in [5, 5.41) is 5.46. The van der Waals surface area contributed by atoms with Gasteiger partial charge in [0.05, 0.1) is 38.4 Å². The third kappa shape index (κ3) is 4.50. The highest BCUT2D eigenvalue weighted by Crippen LogP contribution is 2.28. The van der Waals surface area contributed by atoms with Gasteiger partial charge < -0.3 is 20.3 Å². The second-order valence-electron chi connectivity index (χ2n) is 6.10. The minimum atomic E-state index is -4.57. The van der Waals surface area contributed by atoms with Crippen LogP contribution in [0.5, 0.6) is 0 Å². The van der Waals surface area contributed by atoms with Gasteiger partial charge in [-0.05, 0) is 0 Å². The van der Waals surface area contributed by atoms with Crippen molar-refractivity contribution in [2.24, 2.45) is 0 Å². The molecule has 0 saturated carbocycles. The summed E-state index contributed by atoms with van der Waals surface area (Å²) in [7, 11) is 1.41. The van der Waals surface area contributed by atoms with Crippen molar-refractivity contribution in [3.63, 3.8) is 0 Å². The molecule has 1 saturated heterocycles. The van der Waals surface area contributed by atoms with Crippen molar-refractivity contribution in [2.45, 2.75) is 24.8 Å². The van der Waals surface area contributed by atoms with Gasteiger partial charge in [-0.15, -0.1) is 0 Å². The van der Waals surface area contributed by atoms with E-state index in [1.165, 1.54) is 24.4 Å². The number of aromatic nitrogens is 2. The van der Waals surface area contributed by atoms with Gasteiger partial charge in [-0.2, -0.15) is 13.2 Å². The molecule has 0 aromatic carbocycles. The molecule has 2 aliphatic heterocycles. The Bertz CT molecular complexity index is 767. The number of carbonyl (C=O) groups excluding carboxylic acids is 1. The molecule has 1 aromatic rings. The number of carbonyl (C=O) groups is 1. The third-order valence-corrected chi connectivity index (χ3v) is 4.16. The zero-order chi connectivity index (χ0) is 20.3. The number of hydrogen-bond acceptors (Lipinski definition) is 7. The number of nitrogens with zero attached hydrogens (tertiary/aromatic N) is 4. The molecular formula is C16H18F4N6O2. The van der Waals surface area contributed by atoms with Crippen molar-refractivity contribution >= 4 is 11.7 Å². The van der Waals surface area contributed by atoms with Crippen LogP contribution >= 0.6 is 0 Å². The lowest BCUT2D eigenvalue weighted by Gasteiger charge is -2.29. The van der Waals surface area contributed by atoms with Crippen molar-refractivity contribution in [1.29, 1.82) is 0 Å². The molecule has 152 valence electrons. The lowest BCUT2D eigenvalue weighted by Crippen LogP contribution is -2.44. The molecule has 0 aliphatic carbocycles. The SMILES string of the molecule is COC1=CN(c2cnc(C(F)(F)F)cn2)C=CN1CNC(=O)C1CC(F)CN1. The predicted molar refractivity (Wildman–Crippen MR) is 89.9 cm³/mol. The van der Waals surface area contributed by atoms with E-state index in [1.807, 2.05) is 0 Å². The van der Waals surface area contributed by atoms with Gasteiger partial charge in [0.15, 0.2) is 11.5 Å². The molecule has 1 fully saturated rings. The Kier molecular flexibility index (Phi) is 5.68. The quantitative estimate of drug-likeness (QED) is 0.719. The van der Waals surface area contributed by atoms with Gasteiger partial charge in [0, 0.05) is 25.4 Å². The Morgan fingerprint density at radius 1 is 1.36 bits per heavy atom. The molecule has 0 radical (unpaired) electrons. The number of rotatable bonds is 5. The number of halogens is 4. The molecule has 0 spiro atoms. The van der Waals surface area contributed by atoms with Gasteiger partial charge in [-0.3, -0.25) is 9.69 Å². The minimum absolute atomic E-state index is 0.0661. The van der Waals surface area contributed by atoms with Crippen LogP contribution in [0.25, 0.3) is 0 Å². The molecule has 1 amide bonds. The fraction of sp³-hybridized carbons (Fsp3) is 0.438. The van der Waals surface area contributed by atoms with E-state index in [0.717, 1.165) is 6.20 Å². The van der Waals surface area contributed by atoms with E-state index in [2.05, 4.69) is 20.6 Å². The molecule has 1 aromatic heterocycles. The van der Waals surface area contributed by atoms with Crippen LogP contribution in [0.4, 0.5) is 23.4 Å². The Hall–Kier alpha value is -2.89. The summed E-state index contributed by atoms with van der Waals surface area (Å²) >= 11 is 0. The number of hydrogen-bond donors (Lipinski definition) is 2. The summed E-state index contributed by atoms with van der Waals surface area (Å²) in [6, 6.07) is -0.585. The maximum absolute atomic E-state index is 13.2. The molecule has 3 rings (SSSR count). The molecule has 28 heavy (non-hydrogen) atoms. The normalized spacial score (nSPS) is 22.2. The highest BCUT2D eigenvalue weighted by molar-refractivity contribution is 5.82. The second kappa shape index (κ2) is 8.00. The number of alkyl halides is 4. The molecule has 2 N–H and O–H groups in total. The van der Waals surface area contributed by atoms with Crippen molar-refractivity contribution in [3.8, 4) is 0 Å². The molecule has 12 heteroatoms. The van der Waals surface area contributed by atoms with Crippen molar-refractivity contribution in [2.75, 3.05) is 25.2 Å². The summed E-state index contributed by atoms with van der Waals surface area (Å²) < 4.78 is 56.2. The van der Waals surface area contributed by atoms with Crippen LogP contribution < -0.4 is 15.5 Å². The number of ether oxygens (including phenoxy) is 1. The van der Waals surface area contributed by atoms with E-state index < -0.39 is 24.1 Å². The molecule has 3 heterocycles. The standard InChI is InChI=1S/C16H18F4N6O2/c1-28-14-8-25(13-7-22-12(6-23-13)16(18,19)20)2-3-26(14)9-24-15(27)11-4-10(17)5-21-11/h2-3,6-8,10-11,21H,4-5,9H2,1H3,(H,24,27). The monoisotopic (exact) mass is 402 g/mol. The topological polar surface area (TPSA) is 82.6 Å². The Balaban J connectivity index is 1.62. The van der Waals surface area contributed by atoms with Gasteiger partial charge in [-0.1, -0.05) is 0 Å². The van der Waals surface area contributed by atoms with E-state index in [0.29, 0.717) is 12.1 Å². The summed E-state index contributed by atoms with van der Waals surface area (Å²) in [4.78, 5) is 22.2. The minimum Gasteiger partial charge on any atom is -0.481 e. The van der Waals surface area contributed by atoms with Gasteiger partial charge in [0.2, 0.25) is 11.8 Å². The average molecular weight is 402 g/mol. The van der Waals surface area contributed by atoms with E-state index in [1.54, 1.807) is 11.1 Å². The second-order valence-corrected chi connectivity index (χ2v) is 6.10. The van der Waals surface area contributed by atoms with Gasteiger partial charge in [0.25, 0.3) is 0 Å². The van der Waals surface area contributed by atoms with E-state index in [9.17, 15) is 22.4 Å². The first-order chi connectivity index (χ1) is 13.3. The van der Waals surface area contributed by atoms with Gasteiger partial charge in [-0.25, -0.2) is 14.4 Å². The van der Waals surface area contributed by atoms with Crippen LogP contribution in [0, 0.1) is 0 Å². The van der Waals surface area contributed by atoms with Gasteiger partial charge in [0.1, 0.15) is 6.17 Å². The lowest BCUT2D eigenvalue weighted by atomic mass is 10.2. The van der Waals surface area contributed by atoms with Crippen molar-refractivity contribution < 1.29 is 27.1 Å². The number of anilines is 1. The first-order valence-corrected chi connectivity index (χ1v) is 8.31. The van der Waals surface area contributed by atoms with Crippen LogP contribution in [-0.4, -0.2) is 53.3 Å². The molecule has 2 atom stereocenters. The third-order valence-electron chi connectivity index (χ3n) is 4.16. The highest BCUT2D eigenvalue weighted by atomic mass is 19.4. The van der Waals surface area contributed by atoms with Crippen LogP contribution in [0.15, 0.2) is 36.9 Å². The van der Waals surface area contributed by atoms with E-state index in [-0.39, 0.29) is 31.4 Å². The zero-order valence-corrected chi connectivity index (χ0v) is 14.8. The summed E-state index contributed by atoms with van der Waals surface area (Å²) in [6.07, 6.45) is 0.705. The van der Waals surface area contributed by atoms with E-state index in [4.69, 9.17) is 4.74 Å². The molecule has 8 nitrogen and oxygen atoms in total. The van der Waals surface area contributed by atoms with Crippen molar-refractivity contribution in [1.82, 2.24) is 25.5 Å². The first-order valence-electron chi connectivity index (χ1n) is 8.31. The summed E-state index contributed by atoms with van der Waals surface area (Å²) in [5.74, 6) is 0.138. The summed E-state index contributed by atoms with van der Waals surface area (Å²) in [6.45, 7) is 0.213. The number of amides is 1. The Labute approximate surface area is 157 Å². The van der Waals surface area contributed by atoms with Crippen LogP contribution in [0.1, 0.15) is 12.1 Å². The van der Waals surface area contributed by atoms with Crippen LogP contribution in [-0.2, 0) is 15.7 Å². The number of methoxy groups -OCH3 is 1. The molecule has 2 aliphatic rings. The number of nitrogens with one attached hydrogen (secondary N) is 2. The largest absolute Gasteiger partial charge is 0.481 e. The fourth-order valence-corrected chi connectivity index (χ4v) is 2.68. The average Bonchev–Trinajstić information content (AvgIpc) is 3.12. The smallest absolute Gasteiger partial charge is 0.434 e. The zero-order valence-electron chi connectivity index (χ0n) is 14.8. The van der Waals surface area contributed by atoms with E-state index >= 15 is 0 Å². The van der Waals surface area contributed by atoms with Gasteiger partial charge >= 0.3 is 6.18 Å². The van der Waals surface area contributed by atoms with Crippen LogP contribution in [0.3, 0.4) is 0 Å². The Morgan fingerprint density at radius 2 is 2.14 bits per heavy atom. The summed E-state index contributed by atoms with van der Waals surface area (Å²) in [5.41, 5.74) is -1.09. The lowest BCUT2D eigenvalue weighted by molar-refractivity contribution is -0.141. The molecular weight excluding hydrogens is 384 g/mol. The molecule has 2 unspecified atom stereocenters. The van der Waals surface area contributed by atoms with Crippen LogP contribution in [0.2, 0.25) is 0 Å². The maximum Gasteiger partial charge on any atom is 0.434 e. The Morgan fingerprint density at radius 3 is 2.71 bits per heavy atom.